The van der Waals surface area contributed by atoms with Gasteiger partial charge in [0.2, 0.25) is 0 Å². The summed E-state index contributed by atoms with van der Waals surface area (Å²) in [5, 5.41) is 1.27. The zero-order valence-electron chi connectivity index (χ0n) is 9.50. The van der Waals surface area contributed by atoms with E-state index in [-0.39, 0.29) is 6.04 Å². The van der Waals surface area contributed by atoms with Gasteiger partial charge in [-0.1, -0.05) is 6.92 Å². The minimum atomic E-state index is 0.259. The van der Waals surface area contributed by atoms with E-state index in [1.807, 2.05) is 24.2 Å². The van der Waals surface area contributed by atoms with Crippen molar-refractivity contribution in [1.82, 2.24) is 4.98 Å². The van der Waals surface area contributed by atoms with Gasteiger partial charge in [-0.2, -0.15) is 23.5 Å². The Bertz CT molecular complexity index is 318. The number of rotatable bonds is 3. The molecule has 0 radical (unpaired) electrons. The Morgan fingerprint density at radius 3 is 2.75 bits per heavy atom. The lowest BCUT2D eigenvalue weighted by Gasteiger charge is -2.32. The Hall–Kier alpha value is -0.190. The first-order valence-electron chi connectivity index (χ1n) is 5.65. The van der Waals surface area contributed by atoms with Crippen LogP contribution in [0.4, 0.5) is 0 Å². The Labute approximate surface area is 106 Å². The molecule has 0 amide bonds. The summed E-state index contributed by atoms with van der Waals surface area (Å²) in [5.41, 5.74) is 7.61. The molecule has 3 atom stereocenters. The summed E-state index contributed by atoms with van der Waals surface area (Å²) in [6.07, 6.45) is 4.65. The molecule has 0 spiro atoms. The third-order valence-corrected chi connectivity index (χ3v) is 6.15. The van der Waals surface area contributed by atoms with E-state index in [0.29, 0.717) is 10.5 Å². The highest BCUT2D eigenvalue weighted by molar-refractivity contribution is 8.07. The van der Waals surface area contributed by atoms with Crippen molar-refractivity contribution in [3.8, 4) is 0 Å². The minimum Gasteiger partial charge on any atom is -0.326 e. The van der Waals surface area contributed by atoms with Gasteiger partial charge in [-0.05, 0) is 24.1 Å². The van der Waals surface area contributed by atoms with E-state index in [1.165, 1.54) is 17.1 Å². The fraction of sp³-hybridized carbons (Fsp3) is 0.583. The summed E-state index contributed by atoms with van der Waals surface area (Å²) >= 11 is 4.09. The highest BCUT2D eigenvalue weighted by atomic mass is 32.2. The Kier molecular flexibility index (Phi) is 4.55. The van der Waals surface area contributed by atoms with Crippen LogP contribution in [-0.4, -0.2) is 33.0 Å². The molecule has 1 aliphatic heterocycles. The lowest BCUT2D eigenvalue weighted by Crippen LogP contribution is -2.42. The van der Waals surface area contributed by atoms with Crippen LogP contribution in [0.1, 0.15) is 12.5 Å². The van der Waals surface area contributed by atoms with Crippen molar-refractivity contribution < 1.29 is 0 Å². The van der Waals surface area contributed by atoms with Gasteiger partial charge in [-0.3, -0.25) is 4.98 Å². The van der Waals surface area contributed by atoms with E-state index in [2.05, 4.69) is 35.8 Å². The largest absolute Gasteiger partial charge is 0.326 e. The van der Waals surface area contributed by atoms with Crippen molar-refractivity contribution in [2.45, 2.75) is 29.9 Å². The van der Waals surface area contributed by atoms with E-state index in [1.54, 1.807) is 0 Å². The molecule has 1 aromatic heterocycles. The molecule has 0 saturated carbocycles. The predicted octanol–water partition coefficient (Wildman–Crippen LogP) is 2.19. The molecule has 1 aliphatic rings. The topological polar surface area (TPSA) is 38.9 Å². The zero-order valence-corrected chi connectivity index (χ0v) is 11.1. The van der Waals surface area contributed by atoms with Crippen LogP contribution in [0, 0.1) is 0 Å². The maximum atomic E-state index is 6.32. The lowest BCUT2D eigenvalue weighted by atomic mass is 10.0. The Morgan fingerprint density at radius 2 is 2.06 bits per heavy atom. The van der Waals surface area contributed by atoms with Crippen molar-refractivity contribution in [2.24, 2.45) is 5.73 Å². The van der Waals surface area contributed by atoms with E-state index in [9.17, 15) is 0 Å². The third kappa shape index (κ3) is 3.15. The van der Waals surface area contributed by atoms with Crippen LogP contribution in [0.3, 0.4) is 0 Å². The second-order valence-corrected chi connectivity index (χ2v) is 6.91. The highest BCUT2D eigenvalue weighted by Gasteiger charge is 2.27. The van der Waals surface area contributed by atoms with Gasteiger partial charge in [-0.25, -0.2) is 0 Å². The maximum Gasteiger partial charge on any atom is 0.0318 e. The molecule has 2 rings (SSSR count). The van der Waals surface area contributed by atoms with Gasteiger partial charge in [0.25, 0.3) is 0 Å². The van der Waals surface area contributed by atoms with Crippen LogP contribution >= 0.6 is 23.5 Å². The second kappa shape index (κ2) is 5.94. The molecule has 3 unspecified atom stereocenters. The van der Waals surface area contributed by atoms with Crippen LogP contribution in [0.15, 0.2) is 24.5 Å². The summed E-state index contributed by atoms with van der Waals surface area (Å²) in [5.74, 6) is 2.51. The Balaban J connectivity index is 1.94. The fourth-order valence-corrected chi connectivity index (χ4v) is 4.92. The van der Waals surface area contributed by atoms with E-state index < -0.39 is 0 Å². The van der Waals surface area contributed by atoms with E-state index in [4.69, 9.17) is 5.73 Å². The number of pyridine rings is 1. The monoisotopic (exact) mass is 254 g/mol. The predicted molar refractivity (Wildman–Crippen MR) is 74.1 cm³/mol. The molecule has 0 aliphatic carbocycles. The average Bonchev–Trinajstić information content (AvgIpc) is 2.31. The number of nitrogens with zero attached hydrogens (tertiary/aromatic N) is 1. The molecular formula is C12H18N2S2. The summed E-state index contributed by atoms with van der Waals surface area (Å²) in [4.78, 5) is 4.03. The molecule has 2 N–H and O–H groups in total. The van der Waals surface area contributed by atoms with Crippen molar-refractivity contribution in [3.05, 3.63) is 30.1 Å². The first-order valence-corrected chi connectivity index (χ1v) is 7.75. The van der Waals surface area contributed by atoms with Crippen LogP contribution in [0.25, 0.3) is 0 Å². The average molecular weight is 254 g/mol. The van der Waals surface area contributed by atoms with Crippen LogP contribution in [-0.2, 0) is 6.42 Å². The van der Waals surface area contributed by atoms with Gasteiger partial charge in [0.05, 0.1) is 0 Å². The van der Waals surface area contributed by atoms with Gasteiger partial charge in [0.1, 0.15) is 0 Å². The molecule has 88 valence electrons. The van der Waals surface area contributed by atoms with Crippen LogP contribution in [0.2, 0.25) is 0 Å². The van der Waals surface area contributed by atoms with Gasteiger partial charge in [-0.15, -0.1) is 0 Å². The molecule has 2 heterocycles. The molecule has 0 aromatic carbocycles. The highest BCUT2D eigenvalue weighted by Crippen LogP contribution is 2.33. The fourth-order valence-electron chi connectivity index (χ4n) is 2.03. The zero-order chi connectivity index (χ0) is 11.4. The van der Waals surface area contributed by atoms with Crippen molar-refractivity contribution in [2.75, 3.05) is 11.5 Å². The van der Waals surface area contributed by atoms with Crippen molar-refractivity contribution in [1.29, 1.82) is 0 Å². The first kappa shape index (κ1) is 12.3. The number of hydrogen-bond acceptors (Lipinski definition) is 4. The molecule has 0 bridgehead atoms. The van der Waals surface area contributed by atoms with Gasteiger partial charge < -0.3 is 5.73 Å². The first-order chi connectivity index (χ1) is 7.77. The molecule has 1 aromatic rings. The molecule has 2 nitrogen and oxygen atoms in total. The minimum absolute atomic E-state index is 0.259. The number of aromatic nitrogens is 1. The molecule has 4 heteroatoms. The molecular weight excluding hydrogens is 236 g/mol. The van der Waals surface area contributed by atoms with Crippen molar-refractivity contribution in [3.63, 3.8) is 0 Å². The quantitative estimate of drug-likeness (QED) is 0.897. The summed E-state index contributed by atoms with van der Waals surface area (Å²) in [6.45, 7) is 2.30. The maximum absolute atomic E-state index is 6.32. The Morgan fingerprint density at radius 1 is 1.38 bits per heavy atom. The van der Waals surface area contributed by atoms with Crippen molar-refractivity contribution >= 4 is 23.5 Å². The van der Waals surface area contributed by atoms with Crippen LogP contribution < -0.4 is 5.73 Å². The number of hydrogen-bond donors (Lipinski definition) is 1. The van der Waals surface area contributed by atoms with E-state index >= 15 is 0 Å². The second-order valence-electron chi connectivity index (χ2n) is 4.13. The summed E-state index contributed by atoms with van der Waals surface area (Å²) < 4.78 is 0. The smallest absolute Gasteiger partial charge is 0.0318 e. The van der Waals surface area contributed by atoms with Crippen LogP contribution in [0.5, 0.6) is 0 Å². The van der Waals surface area contributed by atoms with Gasteiger partial charge >= 0.3 is 0 Å². The lowest BCUT2D eigenvalue weighted by molar-refractivity contribution is 0.622. The number of nitrogens with two attached hydrogens (primary N) is 1. The molecule has 1 saturated heterocycles. The standard InChI is InChI=1S/C12H18N2S2/c1-9-12(16-7-6-15-9)11(13)8-10-2-4-14-5-3-10/h2-5,9,11-12H,6-8,13H2,1H3. The molecule has 16 heavy (non-hydrogen) atoms. The van der Waals surface area contributed by atoms with Gasteiger partial charge in [0, 0.05) is 40.4 Å². The molecule has 1 fully saturated rings. The van der Waals surface area contributed by atoms with Gasteiger partial charge in [0.15, 0.2) is 0 Å². The number of thioether (sulfide) groups is 2. The summed E-state index contributed by atoms with van der Waals surface area (Å²) in [6, 6.07) is 4.38. The normalized spacial score (nSPS) is 27.6. The SMILES string of the molecule is CC1SCCSC1C(N)Cc1ccncc1. The summed E-state index contributed by atoms with van der Waals surface area (Å²) in [7, 11) is 0. The van der Waals surface area contributed by atoms with E-state index in [0.717, 1.165) is 6.42 Å². The third-order valence-electron chi connectivity index (χ3n) is 2.88.